The molecular formula is C10H8N8. The highest BCUT2D eigenvalue weighted by Gasteiger charge is 2.15. The Balaban J connectivity index is 2.57. The van der Waals surface area contributed by atoms with Gasteiger partial charge in [-0.05, 0) is 6.92 Å². The lowest BCUT2D eigenvalue weighted by molar-refractivity contribution is 0.910. The molecule has 3 aromatic rings. The van der Waals surface area contributed by atoms with Crippen LogP contribution in [-0.2, 0) is 0 Å². The van der Waals surface area contributed by atoms with Gasteiger partial charge >= 0.3 is 0 Å². The van der Waals surface area contributed by atoms with E-state index in [9.17, 15) is 0 Å². The number of aromatic nitrogens is 5. The molecule has 0 saturated carbocycles. The lowest BCUT2D eigenvalue weighted by atomic mass is 10.2. The van der Waals surface area contributed by atoms with Crippen molar-refractivity contribution in [2.45, 2.75) is 6.92 Å². The number of hydrogen-bond donors (Lipinski definition) is 2. The van der Waals surface area contributed by atoms with Crippen molar-refractivity contribution in [3.8, 4) is 6.07 Å². The van der Waals surface area contributed by atoms with Crippen LogP contribution in [-0.4, -0.2) is 24.8 Å². The zero-order valence-electron chi connectivity index (χ0n) is 9.42. The van der Waals surface area contributed by atoms with Crippen LogP contribution in [0, 0.1) is 18.3 Å². The first-order chi connectivity index (χ1) is 8.61. The maximum atomic E-state index is 8.96. The summed E-state index contributed by atoms with van der Waals surface area (Å²) in [5.41, 5.74) is 13.9. The SMILES string of the molecule is Cc1cc2nnc3c(N)c(C#N)c(N)nc3n2n1. The maximum Gasteiger partial charge on any atom is 0.187 e. The van der Waals surface area contributed by atoms with E-state index >= 15 is 0 Å². The fourth-order valence-electron chi connectivity index (χ4n) is 1.78. The number of nitrogens with zero attached hydrogens (tertiary/aromatic N) is 6. The van der Waals surface area contributed by atoms with Crippen LogP contribution in [0.1, 0.15) is 11.3 Å². The average Bonchev–Trinajstić information content (AvgIpc) is 2.70. The molecule has 0 unspecified atom stereocenters. The Morgan fingerprint density at radius 3 is 2.83 bits per heavy atom. The molecule has 0 aromatic carbocycles. The molecule has 3 rings (SSSR count). The number of anilines is 2. The largest absolute Gasteiger partial charge is 0.396 e. The van der Waals surface area contributed by atoms with Gasteiger partial charge in [-0.1, -0.05) is 0 Å². The molecule has 0 amide bonds. The summed E-state index contributed by atoms with van der Waals surface area (Å²) in [5, 5.41) is 21.1. The minimum Gasteiger partial charge on any atom is -0.396 e. The van der Waals surface area contributed by atoms with Crippen molar-refractivity contribution in [1.29, 1.82) is 5.26 Å². The Morgan fingerprint density at radius 1 is 1.33 bits per heavy atom. The van der Waals surface area contributed by atoms with E-state index in [4.69, 9.17) is 16.7 Å². The van der Waals surface area contributed by atoms with Crippen molar-refractivity contribution >= 4 is 28.3 Å². The van der Waals surface area contributed by atoms with Gasteiger partial charge in [-0.15, -0.1) is 10.2 Å². The number of rotatable bonds is 0. The van der Waals surface area contributed by atoms with Crippen molar-refractivity contribution in [1.82, 2.24) is 24.8 Å². The van der Waals surface area contributed by atoms with Crippen molar-refractivity contribution < 1.29 is 0 Å². The average molecular weight is 240 g/mol. The van der Waals surface area contributed by atoms with Crippen LogP contribution in [0.3, 0.4) is 0 Å². The molecule has 8 heteroatoms. The molecule has 0 saturated heterocycles. The van der Waals surface area contributed by atoms with Crippen LogP contribution in [0.15, 0.2) is 6.07 Å². The highest BCUT2D eigenvalue weighted by atomic mass is 15.3. The second kappa shape index (κ2) is 3.27. The van der Waals surface area contributed by atoms with E-state index < -0.39 is 0 Å². The number of aryl methyl sites for hydroxylation is 1. The van der Waals surface area contributed by atoms with E-state index in [2.05, 4.69) is 20.3 Å². The highest BCUT2D eigenvalue weighted by molar-refractivity contribution is 5.90. The van der Waals surface area contributed by atoms with Crippen molar-refractivity contribution in [3.05, 3.63) is 17.3 Å². The number of nitrogen functional groups attached to an aromatic ring is 2. The summed E-state index contributed by atoms with van der Waals surface area (Å²) in [7, 11) is 0. The predicted octanol–water partition coefficient (Wildman–Crippen LogP) is 0.0170. The summed E-state index contributed by atoms with van der Waals surface area (Å²) in [6.07, 6.45) is 0. The lowest BCUT2D eigenvalue weighted by Crippen LogP contribution is -2.07. The van der Waals surface area contributed by atoms with Gasteiger partial charge in [-0.25, -0.2) is 4.98 Å². The molecule has 0 aliphatic carbocycles. The Kier molecular flexibility index (Phi) is 1.86. The van der Waals surface area contributed by atoms with Crippen LogP contribution < -0.4 is 11.5 Å². The zero-order chi connectivity index (χ0) is 12.9. The van der Waals surface area contributed by atoms with Crippen LogP contribution >= 0.6 is 0 Å². The Bertz CT molecular complexity index is 825. The van der Waals surface area contributed by atoms with Crippen LogP contribution in [0.4, 0.5) is 11.5 Å². The van der Waals surface area contributed by atoms with Crippen LogP contribution in [0.2, 0.25) is 0 Å². The van der Waals surface area contributed by atoms with Gasteiger partial charge in [0, 0.05) is 6.07 Å². The number of hydrogen-bond acceptors (Lipinski definition) is 7. The predicted molar refractivity (Wildman–Crippen MR) is 64.4 cm³/mol. The Labute approximate surface area is 101 Å². The normalized spacial score (nSPS) is 10.9. The molecule has 0 radical (unpaired) electrons. The lowest BCUT2D eigenvalue weighted by Gasteiger charge is -2.05. The highest BCUT2D eigenvalue weighted by Crippen LogP contribution is 2.24. The maximum absolute atomic E-state index is 8.96. The first kappa shape index (κ1) is 10.2. The van der Waals surface area contributed by atoms with Crippen LogP contribution in [0.25, 0.3) is 16.8 Å². The second-order valence-corrected chi connectivity index (χ2v) is 3.83. The molecule has 18 heavy (non-hydrogen) atoms. The summed E-state index contributed by atoms with van der Waals surface area (Å²) >= 11 is 0. The standard InChI is InChI=1S/C10H8N8/c1-4-2-6-15-16-8-7(12)5(3-11)9(13)14-10(8)18(6)17-4/h2H,1H3,(H4,12,13,14). The van der Waals surface area contributed by atoms with Gasteiger partial charge in [0.1, 0.15) is 17.5 Å². The molecule has 3 aromatic heterocycles. The Morgan fingerprint density at radius 2 is 2.11 bits per heavy atom. The first-order valence-electron chi connectivity index (χ1n) is 5.09. The molecule has 8 nitrogen and oxygen atoms in total. The molecule has 0 spiro atoms. The molecule has 3 heterocycles. The smallest absolute Gasteiger partial charge is 0.187 e. The van der Waals surface area contributed by atoms with E-state index in [1.165, 1.54) is 4.52 Å². The third-order valence-corrected chi connectivity index (χ3v) is 2.60. The zero-order valence-corrected chi connectivity index (χ0v) is 9.42. The summed E-state index contributed by atoms with van der Waals surface area (Å²) in [6.45, 7) is 1.83. The van der Waals surface area contributed by atoms with Crippen LogP contribution in [0.5, 0.6) is 0 Å². The molecule has 0 bridgehead atoms. The molecule has 0 aliphatic rings. The number of pyridine rings is 1. The van der Waals surface area contributed by atoms with Gasteiger partial charge in [0.15, 0.2) is 16.8 Å². The van der Waals surface area contributed by atoms with Crippen molar-refractivity contribution in [2.24, 2.45) is 0 Å². The fourth-order valence-corrected chi connectivity index (χ4v) is 1.78. The monoisotopic (exact) mass is 240 g/mol. The third kappa shape index (κ3) is 1.18. The van der Waals surface area contributed by atoms with E-state index in [-0.39, 0.29) is 17.1 Å². The third-order valence-electron chi connectivity index (χ3n) is 2.60. The number of nitriles is 1. The van der Waals surface area contributed by atoms with E-state index in [1.807, 2.05) is 13.0 Å². The molecule has 0 fully saturated rings. The van der Waals surface area contributed by atoms with Gasteiger partial charge in [0.2, 0.25) is 0 Å². The van der Waals surface area contributed by atoms with Gasteiger partial charge in [-0.2, -0.15) is 14.9 Å². The molecular weight excluding hydrogens is 232 g/mol. The Hall–Kier alpha value is -2.95. The quantitative estimate of drug-likeness (QED) is 0.565. The van der Waals surface area contributed by atoms with Gasteiger partial charge in [0.05, 0.1) is 11.4 Å². The van der Waals surface area contributed by atoms with E-state index in [0.29, 0.717) is 16.8 Å². The molecule has 0 atom stereocenters. The topological polar surface area (TPSA) is 132 Å². The van der Waals surface area contributed by atoms with Crippen molar-refractivity contribution in [2.75, 3.05) is 11.5 Å². The number of fused-ring (bicyclic) bond motifs is 3. The summed E-state index contributed by atoms with van der Waals surface area (Å²) in [5.74, 6) is 0.0601. The van der Waals surface area contributed by atoms with Crippen molar-refractivity contribution in [3.63, 3.8) is 0 Å². The fraction of sp³-hybridized carbons (Fsp3) is 0.100. The number of nitrogens with two attached hydrogens (primary N) is 2. The molecule has 88 valence electrons. The van der Waals surface area contributed by atoms with E-state index in [1.54, 1.807) is 6.07 Å². The molecule has 4 N–H and O–H groups in total. The molecule has 0 aliphatic heterocycles. The summed E-state index contributed by atoms with van der Waals surface area (Å²) in [6, 6.07) is 3.66. The first-order valence-corrected chi connectivity index (χ1v) is 5.09. The summed E-state index contributed by atoms with van der Waals surface area (Å²) < 4.78 is 1.51. The minimum atomic E-state index is 0.0601. The summed E-state index contributed by atoms with van der Waals surface area (Å²) in [4.78, 5) is 4.12. The minimum absolute atomic E-state index is 0.0601. The van der Waals surface area contributed by atoms with Gasteiger partial charge in [-0.3, -0.25) is 0 Å². The second-order valence-electron chi connectivity index (χ2n) is 3.83. The van der Waals surface area contributed by atoms with Gasteiger partial charge in [0.25, 0.3) is 0 Å². The van der Waals surface area contributed by atoms with E-state index in [0.717, 1.165) is 5.69 Å². The van der Waals surface area contributed by atoms with Gasteiger partial charge < -0.3 is 11.5 Å².